The summed E-state index contributed by atoms with van der Waals surface area (Å²) in [7, 11) is 0. The van der Waals surface area contributed by atoms with Crippen molar-refractivity contribution in [1.29, 1.82) is 0 Å². The van der Waals surface area contributed by atoms with Crippen LogP contribution in [0.4, 0.5) is 13.2 Å². The molecule has 0 unspecified atom stereocenters. The first-order valence-electron chi connectivity index (χ1n) is 4.28. The lowest BCUT2D eigenvalue weighted by atomic mass is 9.97. The maximum atomic E-state index is 13.4. The molecule has 0 amide bonds. The quantitative estimate of drug-likeness (QED) is 0.903. The van der Waals surface area contributed by atoms with Crippen molar-refractivity contribution in [1.82, 2.24) is 0 Å². The Hall–Kier alpha value is -0.550. The van der Waals surface area contributed by atoms with Gasteiger partial charge in [-0.05, 0) is 34.5 Å². The molecule has 0 radical (unpaired) electrons. The number of hydrogen-bond donors (Lipinski definition) is 1. The third-order valence-corrected chi connectivity index (χ3v) is 2.66. The molecule has 0 aliphatic heterocycles. The van der Waals surface area contributed by atoms with Gasteiger partial charge in [-0.15, -0.1) is 0 Å². The van der Waals surface area contributed by atoms with Crippen LogP contribution in [-0.2, 0) is 6.42 Å². The van der Waals surface area contributed by atoms with Gasteiger partial charge in [0.15, 0.2) is 0 Å². The minimum Gasteiger partial charge on any atom is -0.384 e. The highest BCUT2D eigenvalue weighted by Crippen LogP contribution is 2.25. The summed E-state index contributed by atoms with van der Waals surface area (Å²) in [6.45, 7) is 0.984. The predicted molar refractivity (Wildman–Crippen MR) is 54.4 cm³/mol. The molecule has 84 valence electrons. The lowest BCUT2D eigenvalue weighted by Gasteiger charge is -2.22. The highest BCUT2D eigenvalue weighted by Gasteiger charge is 2.33. The average Bonchev–Trinajstić information content (AvgIpc) is 2.12. The highest BCUT2D eigenvalue weighted by atomic mass is 79.9. The monoisotopic (exact) mass is 282 g/mol. The van der Waals surface area contributed by atoms with Gasteiger partial charge in [0, 0.05) is 6.42 Å². The predicted octanol–water partition coefficient (Wildman–Crippen LogP) is 3.15. The highest BCUT2D eigenvalue weighted by molar-refractivity contribution is 9.10. The van der Waals surface area contributed by atoms with Crippen molar-refractivity contribution in [3.05, 3.63) is 34.1 Å². The first-order valence-corrected chi connectivity index (χ1v) is 5.07. The standard InChI is InChI=1S/C10H10BrF3O/c1-10(15,9(13)14)5-6-3-2-4-7(11)8(6)12/h2-4,9,15H,5H2,1H3/t10-/m0/s1. The Morgan fingerprint density at radius 1 is 1.47 bits per heavy atom. The summed E-state index contributed by atoms with van der Waals surface area (Å²) >= 11 is 2.95. The van der Waals surface area contributed by atoms with Gasteiger partial charge >= 0.3 is 0 Å². The molecule has 1 N–H and O–H groups in total. The molecular formula is C10H10BrF3O. The molecule has 1 atom stereocenters. The average molecular weight is 283 g/mol. The summed E-state index contributed by atoms with van der Waals surface area (Å²) < 4.78 is 38.3. The Kier molecular flexibility index (Phi) is 3.78. The van der Waals surface area contributed by atoms with Crippen molar-refractivity contribution in [3.8, 4) is 0 Å². The molecular weight excluding hydrogens is 273 g/mol. The van der Waals surface area contributed by atoms with Gasteiger partial charge in [0.25, 0.3) is 6.43 Å². The van der Waals surface area contributed by atoms with Crippen LogP contribution in [-0.4, -0.2) is 17.1 Å². The van der Waals surface area contributed by atoms with Crippen molar-refractivity contribution >= 4 is 15.9 Å². The molecule has 1 nitrogen and oxygen atoms in total. The van der Waals surface area contributed by atoms with E-state index in [4.69, 9.17) is 0 Å². The van der Waals surface area contributed by atoms with Gasteiger partial charge in [-0.3, -0.25) is 0 Å². The van der Waals surface area contributed by atoms with E-state index >= 15 is 0 Å². The normalized spacial score (nSPS) is 15.4. The minimum atomic E-state index is -2.91. The topological polar surface area (TPSA) is 20.2 Å². The van der Waals surface area contributed by atoms with E-state index in [2.05, 4.69) is 15.9 Å². The van der Waals surface area contributed by atoms with Crippen molar-refractivity contribution in [3.63, 3.8) is 0 Å². The molecule has 5 heteroatoms. The number of rotatable bonds is 3. The summed E-state index contributed by atoms with van der Waals surface area (Å²) in [4.78, 5) is 0. The molecule has 0 fully saturated rings. The van der Waals surface area contributed by atoms with Gasteiger partial charge in [-0.2, -0.15) is 0 Å². The molecule has 0 aliphatic carbocycles. The zero-order valence-electron chi connectivity index (χ0n) is 7.98. The number of halogens is 4. The molecule has 0 spiro atoms. The van der Waals surface area contributed by atoms with E-state index in [1.165, 1.54) is 18.2 Å². The Bertz CT molecular complexity index is 353. The fourth-order valence-electron chi connectivity index (χ4n) is 1.15. The van der Waals surface area contributed by atoms with Crippen molar-refractivity contribution in [2.24, 2.45) is 0 Å². The minimum absolute atomic E-state index is 0.0645. The van der Waals surface area contributed by atoms with Gasteiger partial charge in [0.2, 0.25) is 0 Å². The third kappa shape index (κ3) is 2.95. The van der Waals surface area contributed by atoms with E-state index in [9.17, 15) is 18.3 Å². The SMILES string of the molecule is C[C@](O)(Cc1cccc(Br)c1F)C(F)F. The molecule has 0 aliphatic rings. The maximum Gasteiger partial charge on any atom is 0.266 e. The first kappa shape index (κ1) is 12.5. The number of aliphatic hydroxyl groups is 1. The summed E-state index contributed by atoms with van der Waals surface area (Å²) in [5.74, 6) is -0.613. The van der Waals surface area contributed by atoms with Crippen LogP contribution in [0.15, 0.2) is 22.7 Å². The molecule has 0 saturated carbocycles. The molecule has 0 saturated heterocycles. The van der Waals surface area contributed by atoms with Crippen LogP contribution in [0, 0.1) is 5.82 Å². The van der Waals surface area contributed by atoms with Crippen LogP contribution in [0.1, 0.15) is 12.5 Å². The Labute approximate surface area is 94.0 Å². The summed E-state index contributed by atoms with van der Waals surface area (Å²) in [5, 5.41) is 9.33. The number of benzene rings is 1. The van der Waals surface area contributed by atoms with Gasteiger partial charge in [0.1, 0.15) is 11.4 Å². The van der Waals surface area contributed by atoms with Crippen molar-refractivity contribution in [2.75, 3.05) is 0 Å². The van der Waals surface area contributed by atoms with E-state index in [1.54, 1.807) is 0 Å². The fraction of sp³-hybridized carbons (Fsp3) is 0.400. The molecule has 0 bridgehead atoms. The summed E-state index contributed by atoms with van der Waals surface area (Å²) in [6.07, 6.45) is -3.33. The van der Waals surface area contributed by atoms with E-state index in [0.717, 1.165) is 6.92 Å². The Morgan fingerprint density at radius 2 is 2.07 bits per heavy atom. The smallest absolute Gasteiger partial charge is 0.266 e. The largest absolute Gasteiger partial charge is 0.384 e. The van der Waals surface area contributed by atoms with Crippen LogP contribution >= 0.6 is 15.9 Å². The number of alkyl halides is 2. The van der Waals surface area contributed by atoms with Gasteiger partial charge in [0.05, 0.1) is 4.47 Å². The van der Waals surface area contributed by atoms with E-state index in [1.807, 2.05) is 0 Å². The van der Waals surface area contributed by atoms with Crippen LogP contribution in [0.5, 0.6) is 0 Å². The molecule has 15 heavy (non-hydrogen) atoms. The van der Waals surface area contributed by atoms with E-state index in [0.29, 0.717) is 0 Å². The van der Waals surface area contributed by atoms with E-state index < -0.39 is 24.3 Å². The molecule has 0 heterocycles. The van der Waals surface area contributed by atoms with E-state index in [-0.39, 0.29) is 10.0 Å². The first-order chi connectivity index (χ1) is 6.84. The lowest BCUT2D eigenvalue weighted by molar-refractivity contribution is -0.0825. The Balaban J connectivity index is 2.95. The fourth-order valence-corrected chi connectivity index (χ4v) is 1.55. The summed E-state index contributed by atoms with van der Waals surface area (Å²) in [5.41, 5.74) is -2.14. The van der Waals surface area contributed by atoms with Crippen LogP contribution in [0.3, 0.4) is 0 Å². The van der Waals surface area contributed by atoms with Crippen molar-refractivity contribution in [2.45, 2.75) is 25.4 Å². The van der Waals surface area contributed by atoms with Crippen molar-refractivity contribution < 1.29 is 18.3 Å². The molecule has 1 aromatic carbocycles. The van der Waals surface area contributed by atoms with Crippen LogP contribution in [0.25, 0.3) is 0 Å². The lowest BCUT2D eigenvalue weighted by Crippen LogP contribution is -2.36. The number of hydrogen-bond acceptors (Lipinski definition) is 1. The molecule has 0 aromatic heterocycles. The van der Waals surface area contributed by atoms with Gasteiger partial charge in [-0.25, -0.2) is 13.2 Å². The second kappa shape index (κ2) is 4.53. The van der Waals surface area contributed by atoms with Crippen LogP contribution in [0.2, 0.25) is 0 Å². The zero-order valence-corrected chi connectivity index (χ0v) is 9.56. The third-order valence-electron chi connectivity index (χ3n) is 2.05. The molecule has 1 rings (SSSR count). The van der Waals surface area contributed by atoms with Gasteiger partial charge in [-0.1, -0.05) is 12.1 Å². The van der Waals surface area contributed by atoms with Crippen LogP contribution < -0.4 is 0 Å². The second-order valence-electron chi connectivity index (χ2n) is 3.55. The molecule has 1 aromatic rings. The van der Waals surface area contributed by atoms with Gasteiger partial charge < -0.3 is 5.11 Å². The zero-order chi connectivity index (χ0) is 11.6. The maximum absolute atomic E-state index is 13.4. The summed E-state index contributed by atoms with van der Waals surface area (Å²) in [6, 6.07) is 4.37. The second-order valence-corrected chi connectivity index (χ2v) is 4.40. The Morgan fingerprint density at radius 3 is 2.60 bits per heavy atom.